The standard InChI is InChI=1S/C13H17BrN2O2/c1-10(13(17)16-8-3-2-4-9-16)18-11-6-5-7-15-12(11)14/h5-7,10H,2-4,8-9H2,1H3. The number of halogens is 1. The molecule has 4 nitrogen and oxygen atoms in total. The van der Waals surface area contributed by atoms with Crippen molar-refractivity contribution in [2.45, 2.75) is 32.3 Å². The van der Waals surface area contributed by atoms with Crippen LogP contribution in [-0.4, -0.2) is 35.0 Å². The van der Waals surface area contributed by atoms with Gasteiger partial charge in [0.05, 0.1) is 0 Å². The summed E-state index contributed by atoms with van der Waals surface area (Å²) in [7, 11) is 0. The third kappa shape index (κ3) is 3.22. The number of nitrogens with zero attached hydrogens (tertiary/aromatic N) is 2. The molecule has 1 amide bonds. The monoisotopic (exact) mass is 312 g/mol. The van der Waals surface area contributed by atoms with Crippen LogP contribution in [0.25, 0.3) is 0 Å². The van der Waals surface area contributed by atoms with E-state index < -0.39 is 6.10 Å². The lowest BCUT2D eigenvalue weighted by Gasteiger charge is -2.29. The zero-order valence-corrected chi connectivity index (χ0v) is 12.0. The number of pyridine rings is 1. The molecule has 0 N–H and O–H groups in total. The highest BCUT2D eigenvalue weighted by Crippen LogP contribution is 2.23. The van der Waals surface area contributed by atoms with E-state index in [1.807, 2.05) is 4.90 Å². The third-order valence-electron chi connectivity index (χ3n) is 3.04. The molecule has 0 aliphatic carbocycles. The molecule has 1 aliphatic rings. The average Bonchev–Trinajstić information content (AvgIpc) is 2.41. The first-order valence-electron chi connectivity index (χ1n) is 6.24. The van der Waals surface area contributed by atoms with Gasteiger partial charge in [-0.1, -0.05) is 0 Å². The van der Waals surface area contributed by atoms with Crippen molar-refractivity contribution in [2.24, 2.45) is 0 Å². The Hall–Kier alpha value is -1.10. The van der Waals surface area contributed by atoms with Gasteiger partial charge in [-0.15, -0.1) is 0 Å². The summed E-state index contributed by atoms with van der Waals surface area (Å²) in [4.78, 5) is 18.1. The average molecular weight is 313 g/mol. The van der Waals surface area contributed by atoms with Crippen molar-refractivity contribution in [1.29, 1.82) is 0 Å². The summed E-state index contributed by atoms with van der Waals surface area (Å²) < 4.78 is 6.29. The van der Waals surface area contributed by atoms with Crippen LogP contribution in [0.5, 0.6) is 5.75 Å². The number of hydrogen-bond donors (Lipinski definition) is 0. The highest BCUT2D eigenvalue weighted by Gasteiger charge is 2.23. The van der Waals surface area contributed by atoms with Gasteiger partial charge in [0.15, 0.2) is 11.9 Å². The number of carbonyl (C=O) groups excluding carboxylic acids is 1. The number of ether oxygens (including phenoxy) is 1. The van der Waals surface area contributed by atoms with Crippen molar-refractivity contribution in [2.75, 3.05) is 13.1 Å². The molecule has 0 saturated carbocycles. The van der Waals surface area contributed by atoms with E-state index in [1.54, 1.807) is 25.3 Å². The molecule has 1 aromatic rings. The van der Waals surface area contributed by atoms with E-state index in [-0.39, 0.29) is 5.91 Å². The Morgan fingerprint density at radius 3 is 2.83 bits per heavy atom. The van der Waals surface area contributed by atoms with Crippen LogP contribution in [0.2, 0.25) is 0 Å². The Morgan fingerprint density at radius 1 is 1.44 bits per heavy atom. The number of rotatable bonds is 3. The number of aromatic nitrogens is 1. The fourth-order valence-corrected chi connectivity index (χ4v) is 2.42. The van der Waals surface area contributed by atoms with Crippen molar-refractivity contribution < 1.29 is 9.53 Å². The summed E-state index contributed by atoms with van der Waals surface area (Å²) in [6.07, 6.45) is 4.61. The first-order valence-corrected chi connectivity index (χ1v) is 7.04. The maximum Gasteiger partial charge on any atom is 0.263 e. The van der Waals surface area contributed by atoms with E-state index in [4.69, 9.17) is 4.74 Å². The van der Waals surface area contributed by atoms with Crippen LogP contribution in [0.4, 0.5) is 0 Å². The smallest absolute Gasteiger partial charge is 0.263 e. The molecule has 1 atom stereocenters. The minimum absolute atomic E-state index is 0.0606. The van der Waals surface area contributed by atoms with Gasteiger partial charge >= 0.3 is 0 Å². The van der Waals surface area contributed by atoms with Crippen LogP contribution in [0.15, 0.2) is 22.9 Å². The van der Waals surface area contributed by atoms with Gasteiger partial charge in [0.25, 0.3) is 5.91 Å². The minimum Gasteiger partial charge on any atom is -0.478 e. The summed E-state index contributed by atoms with van der Waals surface area (Å²) in [6, 6.07) is 3.59. The van der Waals surface area contributed by atoms with Gasteiger partial charge in [-0.05, 0) is 54.2 Å². The molecule has 0 bridgehead atoms. The highest BCUT2D eigenvalue weighted by atomic mass is 79.9. The van der Waals surface area contributed by atoms with Crippen LogP contribution in [0, 0.1) is 0 Å². The molecule has 1 fully saturated rings. The number of piperidine rings is 1. The van der Waals surface area contributed by atoms with Gasteiger partial charge in [0.2, 0.25) is 0 Å². The minimum atomic E-state index is -0.469. The molecule has 98 valence electrons. The molecule has 18 heavy (non-hydrogen) atoms. The molecule has 0 spiro atoms. The summed E-state index contributed by atoms with van der Waals surface area (Å²) in [6.45, 7) is 3.48. The number of amides is 1. The normalized spacial score (nSPS) is 17.3. The van der Waals surface area contributed by atoms with Crippen LogP contribution in [0.1, 0.15) is 26.2 Å². The van der Waals surface area contributed by atoms with E-state index in [9.17, 15) is 4.79 Å². The molecule has 2 rings (SSSR count). The van der Waals surface area contributed by atoms with Crippen LogP contribution in [0.3, 0.4) is 0 Å². The third-order valence-corrected chi connectivity index (χ3v) is 3.64. The van der Waals surface area contributed by atoms with Gasteiger partial charge in [-0.25, -0.2) is 4.98 Å². The molecular weight excluding hydrogens is 296 g/mol. The van der Waals surface area contributed by atoms with Gasteiger partial charge in [-0.2, -0.15) is 0 Å². The molecule has 0 radical (unpaired) electrons. The second-order valence-corrected chi connectivity index (χ2v) is 5.19. The molecule has 1 saturated heterocycles. The maximum atomic E-state index is 12.2. The summed E-state index contributed by atoms with van der Waals surface area (Å²) in [5.41, 5.74) is 0. The lowest BCUT2D eigenvalue weighted by Crippen LogP contribution is -2.43. The van der Waals surface area contributed by atoms with Crippen molar-refractivity contribution in [3.05, 3.63) is 22.9 Å². The number of carbonyl (C=O) groups is 1. The maximum absolute atomic E-state index is 12.2. The van der Waals surface area contributed by atoms with E-state index in [0.29, 0.717) is 10.4 Å². The topological polar surface area (TPSA) is 42.4 Å². The summed E-state index contributed by atoms with van der Waals surface area (Å²) in [5.74, 6) is 0.667. The quantitative estimate of drug-likeness (QED) is 0.806. The predicted octanol–water partition coefficient (Wildman–Crippen LogP) is 2.62. The van der Waals surface area contributed by atoms with Crippen LogP contribution < -0.4 is 4.74 Å². The molecule has 1 aromatic heterocycles. The largest absolute Gasteiger partial charge is 0.478 e. The fourth-order valence-electron chi connectivity index (χ4n) is 2.07. The van der Waals surface area contributed by atoms with Gasteiger partial charge in [0, 0.05) is 19.3 Å². The van der Waals surface area contributed by atoms with Crippen LogP contribution in [-0.2, 0) is 4.79 Å². The molecule has 1 aliphatic heterocycles. The SMILES string of the molecule is CC(Oc1cccnc1Br)C(=O)N1CCCCC1. The highest BCUT2D eigenvalue weighted by molar-refractivity contribution is 9.10. The second kappa shape index (κ2) is 6.18. The van der Waals surface area contributed by atoms with E-state index >= 15 is 0 Å². The first kappa shape index (κ1) is 13.3. The molecule has 0 aromatic carbocycles. The molecule has 1 unspecified atom stereocenters. The Labute approximate surface area is 115 Å². The summed E-state index contributed by atoms with van der Waals surface area (Å²) >= 11 is 3.31. The van der Waals surface area contributed by atoms with Crippen molar-refractivity contribution >= 4 is 21.8 Å². The lowest BCUT2D eigenvalue weighted by atomic mass is 10.1. The fraction of sp³-hybridized carbons (Fsp3) is 0.538. The van der Waals surface area contributed by atoms with Crippen molar-refractivity contribution in [3.8, 4) is 5.75 Å². The first-order chi connectivity index (χ1) is 8.68. The van der Waals surface area contributed by atoms with E-state index in [0.717, 1.165) is 25.9 Å². The Morgan fingerprint density at radius 2 is 2.17 bits per heavy atom. The van der Waals surface area contributed by atoms with E-state index in [1.165, 1.54) is 6.42 Å². The predicted molar refractivity (Wildman–Crippen MR) is 72.5 cm³/mol. The molecule has 5 heteroatoms. The van der Waals surface area contributed by atoms with Gasteiger partial charge < -0.3 is 9.64 Å². The summed E-state index contributed by atoms with van der Waals surface area (Å²) in [5, 5.41) is 0. The van der Waals surface area contributed by atoms with Crippen LogP contribution >= 0.6 is 15.9 Å². The van der Waals surface area contributed by atoms with Gasteiger partial charge in [0.1, 0.15) is 4.60 Å². The van der Waals surface area contributed by atoms with E-state index in [2.05, 4.69) is 20.9 Å². The Balaban J connectivity index is 1.96. The Bertz CT molecular complexity index is 419. The Kier molecular flexibility index (Phi) is 4.58. The second-order valence-electron chi connectivity index (χ2n) is 4.44. The van der Waals surface area contributed by atoms with Crippen molar-refractivity contribution in [1.82, 2.24) is 9.88 Å². The number of likely N-dealkylation sites (tertiary alicyclic amines) is 1. The zero-order valence-electron chi connectivity index (χ0n) is 10.4. The van der Waals surface area contributed by atoms with Gasteiger partial charge in [-0.3, -0.25) is 4.79 Å². The van der Waals surface area contributed by atoms with Crippen molar-refractivity contribution in [3.63, 3.8) is 0 Å². The molecular formula is C13H17BrN2O2. The number of hydrogen-bond acceptors (Lipinski definition) is 3. The zero-order chi connectivity index (χ0) is 13.0. The lowest BCUT2D eigenvalue weighted by molar-refractivity contribution is -0.138. The molecule has 2 heterocycles.